The summed E-state index contributed by atoms with van der Waals surface area (Å²) in [6.07, 6.45) is 14.9. The van der Waals surface area contributed by atoms with Crippen LogP contribution in [0.15, 0.2) is 88.5 Å². The Kier molecular flexibility index (Phi) is 4.77. The number of aromatic nitrogens is 2. The number of para-hydroxylation sites is 2. The van der Waals surface area contributed by atoms with Crippen LogP contribution in [0.3, 0.4) is 0 Å². The van der Waals surface area contributed by atoms with Gasteiger partial charge in [0, 0.05) is 6.20 Å². The second-order valence-corrected chi connectivity index (χ2v) is 4.38. The highest BCUT2D eigenvalue weighted by atomic mass is 16.5. The second kappa shape index (κ2) is 7.56. The first kappa shape index (κ1) is 14.5. The van der Waals surface area contributed by atoms with Gasteiger partial charge in [-0.25, -0.2) is 24.9 Å². The SMILES string of the molecule is C1=CC=COc2ccccc2N=c2ncncc2=NC=NC=C1. The van der Waals surface area contributed by atoms with Crippen molar-refractivity contribution in [3.63, 3.8) is 0 Å². The van der Waals surface area contributed by atoms with E-state index >= 15 is 0 Å². The summed E-state index contributed by atoms with van der Waals surface area (Å²) in [5.74, 6) is 0.626. The topological polar surface area (TPSA) is 72.1 Å². The Hall–Kier alpha value is -3.41. The summed E-state index contributed by atoms with van der Waals surface area (Å²) in [7, 11) is 0. The molecule has 0 N–H and O–H groups in total. The van der Waals surface area contributed by atoms with Crippen LogP contribution in [0.25, 0.3) is 0 Å². The van der Waals surface area contributed by atoms with Gasteiger partial charge in [0.2, 0.25) is 0 Å². The molecule has 0 spiro atoms. The van der Waals surface area contributed by atoms with E-state index in [-0.39, 0.29) is 0 Å². The number of allylic oxidation sites excluding steroid dienone is 4. The normalized spacial score (nSPS) is 13.6. The van der Waals surface area contributed by atoms with Crippen molar-refractivity contribution in [3.8, 4) is 5.75 Å². The lowest BCUT2D eigenvalue weighted by Crippen LogP contribution is -2.29. The van der Waals surface area contributed by atoms with E-state index in [1.807, 2.05) is 36.4 Å². The third-order valence-electron chi connectivity index (χ3n) is 2.81. The van der Waals surface area contributed by atoms with Gasteiger partial charge in [0.1, 0.15) is 23.7 Å². The Morgan fingerprint density at radius 2 is 1.87 bits per heavy atom. The molecule has 0 saturated carbocycles. The number of rotatable bonds is 0. The molecule has 0 atom stereocenters. The lowest BCUT2D eigenvalue weighted by atomic mass is 10.3. The maximum atomic E-state index is 5.62. The maximum absolute atomic E-state index is 5.62. The molecule has 112 valence electrons. The lowest BCUT2D eigenvalue weighted by Gasteiger charge is -2.03. The first-order chi connectivity index (χ1) is 11.4. The van der Waals surface area contributed by atoms with E-state index in [4.69, 9.17) is 4.74 Å². The van der Waals surface area contributed by atoms with Gasteiger partial charge in [0.05, 0.1) is 12.5 Å². The predicted octanol–water partition coefficient (Wildman–Crippen LogP) is 2.05. The average molecular weight is 303 g/mol. The van der Waals surface area contributed by atoms with Crippen LogP contribution >= 0.6 is 0 Å². The van der Waals surface area contributed by atoms with E-state index in [1.54, 1.807) is 30.8 Å². The molecule has 0 unspecified atom stereocenters. The summed E-state index contributed by atoms with van der Waals surface area (Å²) < 4.78 is 5.62. The van der Waals surface area contributed by atoms with Gasteiger partial charge in [-0.05, 0) is 24.3 Å². The van der Waals surface area contributed by atoms with Crippen molar-refractivity contribution >= 4 is 12.0 Å². The van der Waals surface area contributed by atoms with Gasteiger partial charge >= 0.3 is 0 Å². The molecule has 0 fully saturated rings. The maximum Gasteiger partial charge on any atom is 0.181 e. The molecule has 0 radical (unpaired) electrons. The highest BCUT2D eigenvalue weighted by Crippen LogP contribution is 2.26. The fourth-order valence-electron chi connectivity index (χ4n) is 1.78. The highest BCUT2D eigenvalue weighted by molar-refractivity contribution is 5.56. The summed E-state index contributed by atoms with van der Waals surface area (Å²) in [6.45, 7) is 0. The van der Waals surface area contributed by atoms with Gasteiger partial charge in [-0.3, -0.25) is 0 Å². The van der Waals surface area contributed by atoms with E-state index in [1.165, 1.54) is 12.7 Å². The smallest absolute Gasteiger partial charge is 0.181 e. The quantitative estimate of drug-likeness (QED) is 0.747. The van der Waals surface area contributed by atoms with Crippen LogP contribution in [0.5, 0.6) is 5.75 Å². The van der Waals surface area contributed by atoms with E-state index in [0.29, 0.717) is 22.3 Å². The zero-order valence-corrected chi connectivity index (χ0v) is 12.1. The fourth-order valence-corrected chi connectivity index (χ4v) is 1.78. The molecule has 3 rings (SSSR count). The first-order valence-electron chi connectivity index (χ1n) is 6.92. The summed E-state index contributed by atoms with van der Waals surface area (Å²) in [5.41, 5.74) is 1.10. The third kappa shape index (κ3) is 4.04. The zero-order chi connectivity index (χ0) is 15.7. The molecule has 6 nitrogen and oxygen atoms in total. The Morgan fingerprint density at radius 3 is 2.87 bits per heavy atom. The number of hydrogen-bond acceptors (Lipinski definition) is 6. The van der Waals surface area contributed by atoms with Crippen LogP contribution in [0.2, 0.25) is 0 Å². The standard InChI is InChI=1S/C17H13N5O/c1-2-6-10-23-16-8-4-3-7-14(16)22-17-15(11-19-13-21-17)20-12-18-9-5-1/h1-13H. The van der Waals surface area contributed by atoms with Gasteiger partial charge in [0.25, 0.3) is 0 Å². The third-order valence-corrected chi connectivity index (χ3v) is 2.81. The van der Waals surface area contributed by atoms with Gasteiger partial charge in [-0.1, -0.05) is 24.3 Å². The minimum Gasteiger partial charge on any atom is -0.463 e. The molecule has 2 heterocycles. The predicted molar refractivity (Wildman–Crippen MR) is 87.0 cm³/mol. The van der Waals surface area contributed by atoms with Gasteiger partial charge in [0.15, 0.2) is 11.2 Å². The van der Waals surface area contributed by atoms with Crippen molar-refractivity contribution in [2.24, 2.45) is 15.0 Å². The van der Waals surface area contributed by atoms with Crippen molar-refractivity contribution in [2.45, 2.75) is 0 Å². The minimum absolute atomic E-state index is 0.448. The van der Waals surface area contributed by atoms with Crippen LogP contribution in [0, 0.1) is 0 Å². The fraction of sp³-hybridized carbons (Fsp3) is 0. The number of ether oxygens (including phenoxy) is 1. The molecule has 23 heavy (non-hydrogen) atoms. The van der Waals surface area contributed by atoms with Crippen molar-refractivity contribution < 1.29 is 4.74 Å². The van der Waals surface area contributed by atoms with Crippen LogP contribution in [0.1, 0.15) is 0 Å². The van der Waals surface area contributed by atoms with Crippen LogP contribution in [-0.2, 0) is 0 Å². The van der Waals surface area contributed by atoms with Gasteiger partial charge in [-0.15, -0.1) is 0 Å². The summed E-state index contributed by atoms with van der Waals surface area (Å²) in [4.78, 5) is 20.9. The Bertz CT molecular complexity index is 913. The van der Waals surface area contributed by atoms with Crippen LogP contribution < -0.4 is 15.6 Å². The van der Waals surface area contributed by atoms with Crippen molar-refractivity contribution in [1.82, 2.24) is 9.97 Å². The molecule has 1 aliphatic rings. The largest absolute Gasteiger partial charge is 0.463 e. The molecule has 1 aliphatic heterocycles. The molecule has 0 amide bonds. The van der Waals surface area contributed by atoms with E-state index in [2.05, 4.69) is 24.9 Å². The van der Waals surface area contributed by atoms with Crippen molar-refractivity contribution in [3.05, 3.63) is 84.4 Å². The summed E-state index contributed by atoms with van der Waals surface area (Å²) >= 11 is 0. The van der Waals surface area contributed by atoms with Gasteiger partial charge < -0.3 is 4.74 Å². The van der Waals surface area contributed by atoms with E-state index in [0.717, 1.165) is 0 Å². The lowest BCUT2D eigenvalue weighted by molar-refractivity contribution is 0.482. The van der Waals surface area contributed by atoms with E-state index < -0.39 is 0 Å². The molecular formula is C17H13N5O. The Morgan fingerprint density at radius 1 is 0.957 bits per heavy atom. The highest BCUT2D eigenvalue weighted by Gasteiger charge is 2.00. The van der Waals surface area contributed by atoms with Crippen LogP contribution in [0.4, 0.5) is 5.69 Å². The first-order valence-corrected chi connectivity index (χ1v) is 6.92. The molecular weight excluding hydrogens is 290 g/mol. The average Bonchev–Trinajstić information content (AvgIpc) is 2.59. The summed E-state index contributed by atoms with van der Waals surface area (Å²) in [6, 6.07) is 7.45. The van der Waals surface area contributed by atoms with E-state index in [9.17, 15) is 0 Å². The molecule has 2 aromatic rings. The zero-order valence-electron chi connectivity index (χ0n) is 12.1. The van der Waals surface area contributed by atoms with Crippen molar-refractivity contribution in [2.75, 3.05) is 0 Å². The molecule has 0 bridgehead atoms. The number of fused-ring (bicyclic) bond motifs is 2. The number of benzene rings is 1. The monoisotopic (exact) mass is 303 g/mol. The van der Waals surface area contributed by atoms with Crippen molar-refractivity contribution in [1.29, 1.82) is 0 Å². The molecule has 6 heteroatoms. The molecule has 0 saturated heterocycles. The minimum atomic E-state index is 0.448. The number of nitrogens with zero attached hydrogens (tertiary/aromatic N) is 5. The second-order valence-electron chi connectivity index (χ2n) is 4.38. The molecule has 0 aliphatic carbocycles. The van der Waals surface area contributed by atoms with Gasteiger partial charge in [-0.2, -0.15) is 0 Å². The molecule has 1 aromatic heterocycles. The molecule has 1 aromatic carbocycles. The number of hydrogen-bond donors (Lipinski definition) is 0. The van der Waals surface area contributed by atoms with Crippen LogP contribution in [-0.4, -0.2) is 16.3 Å². The summed E-state index contributed by atoms with van der Waals surface area (Å²) in [5, 5.41) is 0.528. The Balaban J connectivity index is 2.18. The Labute approximate surface area is 132 Å². The number of aliphatic imine (C=N–C) groups is 1.